The number of carbonyl (C=O) groups is 1. The third-order valence-electron chi connectivity index (χ3n) is 4.36. The smallest absolute Gasteiger partial charge is 0.271 e. The highest BCUT2D eigenvalue weighted by Gasteiger charge is 2.14. The van der Waals surface area contributed by atoms with Gasteiger partial charge in [-0.3, -0.25) is 9.52 Å². The minimum atomic E-state index is -3.70. The highest BCUT2D eigenvalue weighted by atomic mass is 32.2. The standard InChI is InChI=1S/C24H23N3O4S/c1-3-16-31-22-12-6-19(7-13-22)17-25-26-24(28)20-8-10-21(11-9-20)27-32(29,30)23-14-4-18(2)5-15-23/h3-15,17,27H,1,16H2,2H3,(H,26,28)/b25-17-. The van der Waals surface area contributed by atoms with Gasteiger partial charge in [-0.1, -0.05) is 30.4 Å². The zero-order chi connectivity index (χ0) is 23.0. The fourth-order valence-electron chi connectivity index (χ4n) is 2.66. The van der Waals surface area contributed by atoms with E-state index in [-0.39, 0.29) is 4.90 Å². The molecule has 2 N–H and O–H groups in total. The van der Waals surface area contributed by atoms with Gasteiger partial charge in [-0.15, -0.1) is 0 Å². The first-order valence-electron chi connectivity index (χ1n) is 9.74. The molecule has 7 nitrogen and oxygen atoms in total. The number of anilines is 1. The molecule has 32 heavy (non-hydrogen) atoms. The summed E-state index contributed by atoms with van der Waals surface area (Å²) in [5.74, 6) is 0.296. The van der Waals surface area contributed by atoms with E-state index in [0.29, 0.717) is 23.6 Å². The van der Waals surface area contributed by atoms with Gasteiger partial charge < -0.3 is 4.74 Å². The number of ether oxygens (including phenoxy) is 1. The van der Waals surface area contributed by atoms with Crippen LogP contribution in [0.1, 0.15) is 21.5 Å². The van der Waals surface area contributed by atoms with Crippen LogP contribution in [0, 0.1) is 6.92 Å². The maximum Gasteiger partial charge on any atom is 0.271 e. The van der Waals surface area contributed by atoms with Gasteiger partial charge in [-0.2, -0.15) is 5.10 Å². The molecule has 0 fully saturated rings. The number of carbonyl (C=O) groups excluding carboxylic acids is 1. The van der Waals surface area contributed by atoms with E-state index >= 15 is 0 Å². The van der Waals surface area contributed by atoms with Crippen molar-refractivity contribution in [2.45, 2.75) is 11.8 Å². The van der Waals surface area contributed by atoms with Crippen molar-refractivity contribution in [1.82, 2.24) is 5.43 Å². The van der Waals surface area contributed by atoms with Gasteiger partial charge in [0.2, 0.25) is 0 Å². The molecule has 3 rings (SSSR count). The molecular formula is C24H23N3O4S. The molecule has 0 atom stereocenters. The number of aryl methyl sites for hydroxylation is 1. The predicted molar refractivity (Wildman–Crippen MR) is 126 cm³/mol. The van der Waals surface area contributed by atoms with Crippen molar-refractivity contribution in [3.8, 4) is 5.75 Å². The van der Waals surface area contributed by atoms with Gasteiger partial charge in [0.25, 0.3) is 15.9 Å². The fraction of sp³-hybridized carbons (Fsp3) is 0.0833. The molecule has 0 saturated carbocycles. The van der Waals surface area contributed by atoms with Crippen molar-refractivity contribution < 1.29 is 17.9 Å². The number of hydrogen-bond acceptors (Lipinski definition) is 5. The molecule has 0 aromatic heterocycles. The Kier molecular flexibility index (Phi) is 7.41. The van der Waals surface area contributed by atoms with Crippen molar-refractivity contribution in [2.24, 2.45) is 5.10 Å². The number of hydrogen-bond donors (Lipinski definition) is 2. The number of hydrazone groups is 1. The Balaban J connectivity index is 1.57. The molecule has 8 heteroatoms. The molecule has 0 aliphatic carbocycles. The van der Waals surface area contributed by atoms with E-state index in [1.807, 2.05) is 19.1 Å². The summed E-state index contributed by atoms with van der Waals surface area (Å²) in [7, 11) is -3.70. The average Bonchev–Trinajstić information content (AvgIpc) is 2.79. The van der Waals surface area contributed by atoms with Crippen molar-refractivity contribution >= 4 is 27.8 Å². The monoisotopic (exact) mass is 449 g/mol. The molecule has 3 aromatic rings. The molecule has 1 amide bonds. The van der Waals surface area contributed by atoms with Gasteiger partial charge in [0, 0.05) is 11.3 Å². The van der Waals surface area contributed by atoms with E-state index < -0.39 is 15.9 Å². The van der Waals surface area contributed by atoms with Crippen molar-refractivity contribution in [2.75, 3.05) is 11.3 Å². The van der Waals surface area contributed by atoms with E-state index in [1.165, 1.54) is 30.5 Å². The first-order chi connectivity index (χ1) is 15.4. The van der Waals surface area contributed by atoms with Gasteiger partial charge in [-0.05, 0) is 73.2 Å². The Hall–Kier alpha value is -3.91. The largest absolute Gasteiger partial charge is 0.490 e. The lowest BCUT2D eigenvalue weighted by Crippen LogP contribution is -2.18. The summed E-state index contributed by atoms with van der Waals surface area (Å²) in [6.45, 7) is 5.90. The summed E-state index contributed by atoms with van der Waals surface area (Å²) < 4.78 is 32.8. The first-order valence-corrected chi connectivity index (χ1v) is 11.2. The molecule has 0 aliphatic rings. The van der Waals surface area contributed by atoms with Gasteiger partial charge in [-0.25, -0.2) is 13.8 Å². The number of nitrogens with one attached hydrogen (secondary N) is 2. The maximum atomic E-state index is 12.5. The fourth-order valence-corrected chi connectivity index (χ4v) is 3.72. The van der Waals surface area contributed by atoms with Crippen LogP contribution in [0.4, 0.5) is 5.69 Å². The summed E-state index contributed by atoms with van der Waals surface area (Å²) in [4.78, 5) is 12.4. The van der Waals surface area contributed by atoms with E-state index in [4.69, 9.17) is 4.74 Å². The van der Waals surface area contributed by atoms with Crippen molar-refractivity contribution in [3.05, 3.63) is 102 Å². The van der Waals surface area contributed by atoms with Crippen molar-refractivity contribution in [1.29, 1.82) is 0 Å². The van der Waals surface area contributed by atoms with Crippen LogP contribution in [0.3, 0.4) is 0 Å². The molecule has 3 aromatic carbocycles. The molecule has 0 aliphatic heterocycles. The lowest BCUT2D eigenvalue weighted by atomic mass is 10.2. The maximum absolute atomic E-state index is 12.5. The molecule has 0 spiro atoms. The third-order valence-corrected chi connectivity index (χ3v) is 5.76. The van der Waals surface area contributed by atoms with Crippen LogP contribution in [-0.4, -0.2) is 27.1 Å². The Bertz CT molecular complexity index is 1200. The third kappa shape index (κ3) is 6.29. The number of nitrogens with zero attached hydrogens (tertiary/aromatic N) is 1. The highest BCUT2D eigenvalue weighted by molar-refractivity contribution is 7.92. The molecule has 0 radical (unpaired) electrons. The number of amides is 1. The zero-order valence-electron chi connectivity index (χ0n) is 17.5. The molecule has 0 heterocycles. The molecule has 0 unspecified atom stereocenters. The lowest BCUT2D eigenvalue weighted by molar-refractivity contribution is 0.0955. The van der Waals surface area contributed by atoms with Gasteiger partial charge in [0.1, 0.15) is 12.4 Å². The van der Waals surface area contributed by atoms with Gasteiger partial charge in [0.05, 0.1) is 11.1 Å². The quantitative estimate of drug-likeness (QED) is 0.292. The Morgan fingerprint density at radius 2 is 1.66 bits per heavy atom. The number of benzene rings is 3. The number of rotatable bonds is 9. The van der Waals surface area contributed by atoms with E-state index in [9.17, 15) is 13.2 Å². The predicted octanol–water partition coefficient (Wildman–Crippen LogP) is 4.12. The van der Waals surface area contributed by atoms with Crippen LogP contribution in [0.2, 0.25) is 0 Å². The Labute approximate surface area is 187 Å². The summed E-state index contributed by atoms with van der Waals surface area (Å²) in [6, 6.07) is 19.8. The molecule has 0 bridgehead atoms. The topological polar surface area (TPSA) is 96.9 Å². The second-order valence-electron chi connectivity index (χ2n) is 6.86. The van der Waals surface area contributed by atoms with Crippen LogP contribution in [0.5, 0.6) is 5.75 Å². The highest BCUT2D eigenvalue weighted by Crippen LogP contribution is 2.17. The second kappa shape index (κ2) is 10.4. The van der Waals surface area contributed by atoms with Gasteiger partial charge in [0.15, 0.2) is 0 Å². The Morgan fingerprint density at radius 3 is 2.28 bits per heavy atom. The number of sulfonamides is 1. The minimum absolute atomic E-state index is 0.166. The van der Waals surface area contributed by atoms with Gasteiger partial charge >= 0.3 is 0 Å². The van der Waals surface area contributed by atoms with E-state index in [2.05, 4.69) is 21.8 Å². The van der Waals surface area contributed by atoms with Crippen LogP contribution >= 0.6 is 0 Å². The van der Waals surface area contributed by atoms with Crippen LogP contribution in [-0.2, 0) is 10.0 Å². The average molecular weight is 450 g/mol. The SMILES string of the molecule is C=CCOc1ccc(/C=N\NC(=O)c2ccc(NS(=O)(=O)c3ccc(C)cc3)cc2)cc1. The first kappa shape index (κ1) is 22.8. The minimum Gasteiger partial charge on any atom is -0.490 e. The van der Waals surface area contributed by atoms with Crippen LogP contribution in [0.15, 0.2) is 95.4 Å². The second-order valence-corrected chi connectivity index (χ2v) is 8.55. The Morgan fingerprint density at radius 1 is 1.00 bits per heavy atom. The van der Waals surface area contributed by atoms with Crippen LogP contribution in [0.25, 0.3) is 0 Å². The molecule has 164 valence electrons. The van der Waals surface area contributed by atoms with Crippen molar-refractivity contribution in [3.63, 3.8) is 0 Å². The molecular weight excluding hydrogens is 426 g/mol. The zero-order valence-corrected chi connectivity index (χ0v) is 18.3. The van der Waals surface area contributed by atoms with E-state index in [0.717, 1.165) is 11.1 Å². The normalized spacial score (nSPS) is 11.2. The summed E-state index contributed by atoms with van der Waals surface area (Å²) >= 11 is 0. The summed E-state index contributed by atoms with van der Waals surface area (Å²) in [5.41, 5.74) is 4.89. The summed E-state index contributed by atoms with van der Waals surface area (Å²) in [5, 5.41) is 3.95. The van der Waals surface area contributed by atoms with Crippen LogP contribution < -0.4 is 14.9 Å². The molecule has 0 saturated heterocycles. The lowest BCUT2D eigenvalue weighted by Gasteiger charge is -2.09. The summed E-state index contributed by atoms with van der Waals surface area (Å²) in [6.07, 6.45) is 3.18. The van der Waals surface area contributed by atoms with E-state index in [1.54, 1.807) is 42.5 Å².